The van der Waals surface area contributed by atoms with Gasteiger partial charge >= 0.3 is 6.18 Å². The van der Waals surface area contributed by atoms with Crippen LogP contribution in [-0.2, 0) is 12.8 Å². The highest BCUT2D eigenvalue weighted by Crippen LogP contribution is 2.44. The molecule has 5 aromatic rings. The van der Waals surface area contributed by atoms with Crippen LogP contribution in [0, 0.1) is 6.92 Å². The van der Waals surface area contributed by atoms with Crippen molar-refractivity contribution in [2.45, 2.75) is 19.7 Å². The average Bonchev–Trinajstić information content (AvgIpc) is 3.53. The zero-order valence-electron chi connectivity index (χ0n) is 21.2. The SMILES string of the molecule is Cc1ccc(-c2cc(C(F)(F)F)nc3sc(C(N)=O)c(NC(=O)c4ccc(COc5c(Cl)cc(Cl)cc5Cl)o4)c23)cc1. The summed E-state index contributed by atoms with van der Waals surface area (Å²) < 4.78 is 52.5. The van der Waals surface area contributed by atoms with Gasteiger partial charge in [-0.15, -0.1) is 11.3 Å². The lowest BCUT2D eigenvalue weighted by molar-refractivity contribution is -0.140. The molecule has 2 amide bonds. The number of ether oxygens (including phenoxy) is 1. The first kappa shape index (κ1) is 29.7. The molecular formula is C28H17Cl3F3N3O4S. The van der Waals surface area contributed by atoms with E-state index in [-0.39, 0.29) is 60.3 Å². The topological polar surface area (TPSA) is 107 Å². The van der Waals surface area contributed by atoms with Crippen LogP contribution in [0.3, 0.4) is 0 Å². The lowest BCUT2D eigenvalue weighted by Crippen LogP contribution is -2.16. The van der Waals surface area contributed by atoms with E-state index in [1.165, 1.54) is 24.3 Å². The van der Waals surface area contributed by atoms with Crippen molar-refractivity contribution in [3.05, 3.63) is 97.3 Å². The normalized spacial score (nSPS) is 11.6. The summed E-state index contributed by atoms with van der Waals surface area (Å²) >= 11 is 18.8. The number of nitrogens with two attached hydrogens (primary N) is 1. The van der Waals surface area contributed by atoms with Crippen LogP contribution in [0.1, 0.15) is 37.2 Å². The lowest BCUT2D eigenvalue weighted by Gasteiger charge is -2.12. The second-order valence-corrected chi connectivity index (χ2v) is 11.2. The van der Waals surface area contributed by atoms with E-state index < -0.39 is 23.7 Å². The van der Waals surface area contributed by atoms with Crippen LogP contribution in [0.25, 0.3) is 21.3 Å². The van der Waals surface area contributed by atoms with Crippen molar-refractivity contribution in [3.63, 3.8) is 0 Å². The lowest BCUT2D eigenvalue weighted by atomic mass is 10.00. The number of amides is 2. The summed E-state index contributed by atoms with van der Waals surface area (Å²) in [4.78, 5) is 29.0. The molecule has 0 aliphatic carbocycles. The number of fused-ring (bicyclic) bond motifs is 1. The number of carbonyl (C=O) groups is 2. The van der Waals surface area contributed by atoms with Crippen LogP contribution in [0.5, 0.6) is 5.75 Å². The summed E-state index contributed by atoms with van der Waals surface area (Å²) in [5, 5.41) is 3.37. The Hall–Kier alpha value is -3.77. The van der Waals surface area contributed by atoms with E-state index in [1.807, 2.05) is 6.92 Å². The van der Waals surface area contributed by atoms with E-state index >= 15 is 0 Å². The third-order valence-electron chi connectivity index (χ3n) is 5.98. The molecule has 0 saturated carbocycles. The number of anilines is 1. The maximum absolute atomic E-state index is 13.7. The number of alkyl halides is 3. The molecule has 0 spiro atoms. The second kappa shape index (κ2) is 11.5. The number of nitrogens with one attached hydrogen (secondary N) is 1. The number of halogens is 6. The zero-order valence-corrected chi connectivity index (χ0v) is 24.3. The van der Waals surface area contributed by atoms with Gasteiger partial charge in [-0.25, -0.2) is 4.98 Å². The molecule has 0 saturated heterocycles. The fourth-order valence-electron chi connectivity index (χ4n) is 4.06. The second-order valence-electron chi connectivity index (χ2n) is 8.98. The maximum Gasteiger partial charge on any atom is 0.433 e. The summed E-state index contributed by atoms with van der Waals surface area (Å²) in [6.45, 7) is 1.68. The van der Waals surface area contributed by atoms with Crippen molar-refractivity contribution in [1.82, 2.24) is 4.98 Å². The highest BCUT2D eigenvalue weighted by Gasteiger charge is 2.35. The molecule has 5 rings (SSSR count). The van der Waals surface area contributed by atoms with Gasteiger partial charge in [0.2, 0.25) is 0 Å². The van der Waals surface area contributed by atoms with Crippen molar-refractivity contribution in [2.75, 3.05) is 5.32 Å². The highest BCUT2D eigenvalue weighted by atomic mass is 35.5. The molecule has 3 N–H and O–H groups in total. The summed E-state index contributed by atoms with van der Waals surface area (Å²) in [5.74, 6) is -1.53. The largest absolute Gasteiger partial charge is 0.483 e. The van der Waals surface area contributed by atoms with Crippen molar-refractivity contribution in [1.29, 1.82) is 0 Å². The molecule has 216 valence electrons. The van der Waals surface area contributed by atoms with Crippen LogP contribution in [0.4, 0.5) is 18.9 Å². The number of carbonyl (C=O) groups excluding carboxylic acids is 2. The Bertz CT molecular complexity index is 1830. The molecule has 14 heteroatoms. The van der Waals surface area contributed by atoms with Gasteiger partial charge in [0, 0.05) is 10.4 Å². The Morgan fingerprint density at radius 2 is 1.71 bits per heavy atom. The number of thiophene rings is 1. The molecule has 0 radical (unpaired) electrons. The van der Waals surface area contributed by atoms with E-state index in [1.54, 1.807) is 24.3 Å². The highest BCUT2D eigenvalue weighted by molar-refractivity contribution is 7.21. The van der Waals surface area contributed by atoms with E-state index in [0.717, 1.165) is 11.6 Å². The smallest absolute Gasteiger partial charge is 0.433 e. The molecule has 3 aromatic heterocycles. The molecule has 2 aromatic carbocycles. The average molecular weight is 655 g/mol. The summed E-state index contributed by atoms with van der Waals surface area (Å²) in [6, 6.07) is 13.3. The van der Waals surface area contributed by atoms with Gasteiger partial charge in [0.05, 0.1) is 15.7 Å². The number of hydrogen-bond donors (Lipinski definition) is 2. The maximum atomic E-state index is 13.7. The zero-order chi connectivity index (χ0) is 30.3. The number of pyridine rings is 1. The van der Waals surface area contributed by atoms with E-state index in [2.05, 4.69) is 10.3 Å². The Morgan fingerprint density at radius 1 is 1.05 bits per heavy atom. The third kappa shape index (κ3) is 6.05. The molecule has 7 nitrogen and oxygen atoms in total. The monoisotopic (exact) mass is 653 g/mol. The van der Waals surface area contributed by atoms with Gasteiger partial charge in [0.25, 0.3) is 11.8 Å². The van der Waals surface area contributed by atoms with Gasteiger partial charge in [0.15, 0.2) is 11.5 Å². The summed E-state index contributed by atoms with van der Waals surface area (Å²) in [6.07, 6.45) is -4.76. The molecular weight excluding hydrogens is 638 g/mol. The molecule has 0 aliphatic heterocycles. The van der Waals surface area contributed by atoms with Crippen molar-refractivity contribution < 1.29 is 31.9 Å². The minimum absolute atomic E-state index is 0.0850. The van der Waals surface area contributed by atoms with Gasteiger partial charge in [0.1, 0.15) is 27.8 Å². The van der Waals surface area contributed by atoms with Crippen molar-refractivity contribution >= 4 is 73.9 Å². The van der Waals surface area contributed by atoms with Gasteiger partial charge in [-0.3, -0.25) is 9.59 Å². The molecule has 3 heterocycles. The summed E-state index contributed by atoms with van der Waals surface area (Å²) in [7, 11) is 0. The summed E-state index contributed by atoms with van der Waals surface area (Å²) in [5.41, 5.74) is 5.73. The standard InChI is InChI=1S/C28H17Cl3F3N3O4S/c1-12-2-4-13(5-3-12)16-10-20(28(32,33)34)36-27-21(16)22(24(42-27)25(35)38)37-26(39)19-7-6-15(41-19)11-40-23-17(30)8-14(29)9-18(23)31/h2-10H,11H2,1H3,(H2,35,38)(H,37,39). The fraction of sp³-hybridized carbons (Fsp3) is 0.107. The van der Waals surface area contributed by atoms with Gasteiger partial charge in [-0.1, -0.05) is 64.6 Å². The third-order valence-corrected chi connectivity index (χ3v) is 7.86. The van der Waals surface area contributed by atoms with Crippen molar-refractivity contribution in [3.8, 4) is 16.9 Å². The van der Waals surface area contributed by atoms with E-state index in [0.29, 0.717) is 21.9 Å². The fourth-order valence-corrected chi connectivity index (χ4v) is 5.99. The number of primary amides is 1. The molecule has 0 bridgehead atoms. The molecule has 0 fully saturated rings. The number of benzene rings is 2. The van der Waals surface area contributed by atoms with Crippen LogP contribution in [-0.4, -0.2) is 16.8 Å². The number of rotatable bonds is 7. The number of hydrogen-bond acceptors (Lipinski definition) is 6. The van der Waals surface area contributed by atoms with Crippen molar-refractivity contribution in [2.24, 2.45) is 5.73 Å². The van der Waals surface area contributed by atoms with Crippen LogP contribution >= 0.6 is 46.1 Å². The Labute approximate surface area is 254 Å². The van der Waals surface area contributed by atoms with E-state index in [4.69, 9.17) is 49.7 Å². The predicted molar refractivity (Wildman–Crippen MR) is 156 cm³/mol. The molecule has 0 aliphatic rings. The van der Waals surface area contributed by atoms with Gasteiger partial charge in [-0.2, -0.15) is 13.2 Å². The van der Waals surface area contributed by atoms with Crippen LogP contribution in [0.2, 0.25) is 15.1 Å². The number of furan rings is 1. The molecule has 0 unspecified atom stereocenters. The number of nitrogens with zero attached hydrogens (tertiary/aromatic N) is 1. The Balaban J connectivity index is 1.51. The first-order chi connectivity index (χ1) is 19.8. The Kier molecular flexibility index (Phi) is 8.13. The van der Waals surface area contributed by atoms with Gasteiger partial charge in [-0.05, 0) is 48.4 Å². The minimum Gasteiger partial charge on any atom is -0.483 e. The quantitative estimate of drug-likeness (QED) is 0.182. The predicted octanol–water partition coefficient (Wildman–Crippen LogP) is 8.77. The van der Waals surface area contributed by atoms with Crippen LogP contribution in [0.15, 0.2) is 59.0 Å². The molecule has 42 heavy (non-hydrogen) atoms. The van der Waals surface area contributed by atoms with E-state index in [9.17, 15) is 22.8 Å². The number of aromatic nitrogens is 1. The molecule has 0 atom stereocenters. The first-order valence-corrected chi connectivity index (χ1v) is 13.9. The first-order valence-electron chi connectivity index (χ1n) is 11.9. The Morgan fingerprint density at radius 3 is 2.33 bits per heavy atom. The van der Waals surface area contributed by atoms with Gasteiger partial charge < -0.3 is 20.2 Å². The minimum atomic E-state index is -4.76. The number of aryl methyl sites for hydroxylation is 1. The van der Waals surface area contributed by atoms with Crippen LogP contribution < -0.4 is 15.8 Å².